The van der Waals surface area contributed by atoms with Crippen molar-refractivity contribution < 1.29 is 13.9 Å². The van der Waals surface area contributed by atoms with Crippen LogP contribution in [0.3, 0.4) is 0 Å². The second kappa shape index (κ2) is 7.05. The molecular formula is C14H17N3O3S. The molecule has 1 heterocycles. The lowest BCUT2D eigenvalue weighted by atomic mass is 10.2. The van der Waals surface area contributed by atoms with E-state index in [0.717, 1.165) is 5.39 Å². The lowest BCUT2D eigenvalue weighted by Gasteiger charge is -2.16. The number of furan rings is 1. The normalized spacial score (nSPS) is 11.9. The van der Waals surface area contributed by atoms with Gasteiger partial charge in [0.15, 0.2) is 10.9 Å². The van der Waals surface area contributed by atoms with Crippen LogP contribution in [-0.4, -0.2) is 30.8 Å². The molecule has 0 bridgehead atoms. The minimum Gasteiger partial charge on any atom is -0.451 e. The number of methoxy groups -OCH3 is 1. The molecule has 0 saturated heterocycles. The van der Waals surface area contributed by atoms with Gasteiger partial charge in [0, 0.05) is 18.5 Å². The quantitative estimate of drug-likeness (QED) is 0.588. The molecule has 0 aliphatic rings. The zero-order chi connectivity index (χ0) is 15.2. The van der Waals surface area contributed by atoms with E-state index in [1.165, 1.54) is 0 Å². The SMILES string of the molecule is COC[C@@H](C)NC(=S)NNC(=O)c1cc2ccccc2o1. The Morgan fingerprint density at radius 3 is 2.86 bits per heavy atom. The van der Waals surface area contributed by atoms with Gasteiger partial charge in [-0.15, -0.1) is 0 Å². The summed E-state index contributed by atoms with van der Waals surface area (Å²) in [7, 11) is 1.61. The first-order chi connectivity index (χ1) is 10.1. The molecule has 0 saturated carbocycles. The largest absolute Gasteiger partial charge is 0.451 e. The third-order valence-corrected chi connectivity index (χ3v) is 2.95. The standard InChI is InChI=1S/C14H17N3O3S/c1-9(8-19-2)15-14(21)17-16-13(18)12-7-10-5-3-4-6-11(10)20-12/h3-7,9H,8H2,1-2H3,(H,16,18)(H2,15,17,21)/t9-/m1/s1. The summed E-state index contributed by atoms with van der Waals surface area (Å²) in [5.41, 5.74) is 5.76. The van der Waals surface area contributed by atoms with Crippen molar-refractivity contribution in [2.45, 2.75) is 13.0 Å². The minimum atomic E-state index is -0.394. The van der Waals surface area contributed by atoms with E-state index >= 15 is 0 Å². The van der Waals surface area contributed by atoms with Crippen LogP contribution in [0.25, 0.3) is 11.0 Å². The molecule has 112 valence electrons. The predicted octanol–water partition coefficient (Wildman–Crippen LogP) is 1.58. The van der Waals surface area contributed by atoms with Gasteiger partial charge in [0.05, 0.1) is 6.61 Å². The van der Waals surface area contributed by atoms with Crippen LogP contribution in [0.1, 0.15) is 17.5 Å². The molecule has 21 heavy (non-hydrogen) atoms. The molecule has 0 spiro atoms. The molecule has 1 aromatic carbocycles. The first-order valence-electron chi connectivity index (χ1n) is 6.44. The van der Waals surface area contributed by atoms with Crippen molar-refractivity contribution in [2.24, 2.45) is 0 Å². The highest BCUT2D eigenvalue weighted by atomic mass is 32.1. The lowest BCUT2D eigenvalue weighted by molar-refractivity contribution is 0.0917. The molecule has 3 N–H and O–H groups in total. The number of nitrogens with one attached hydrogen (secondary N) is 3. The van der Waals surface area contributed by atoms with Crippen molar-refractivity contribution in [3.8, 4) is 0 Å². The van der Waals surface area contributed by atoms with Crippen LogP contribution in [0.4, 0.5) is 0 Å². The van der Waals surface area contributed by atoms with E-state index in [4.69, 9.17) is 21.4 Å². The number of hydrogen-bond acceptors (Lipinski definition) is 4. The number of amides is 1. The zero-order valence-corrected chi connectivity index (χ0v) is 12.6. The van der Waals surface area contributed by atoms with Crippen LogP contribution in [-0.2, 0) is 4.74 Å². The number of fused-ring (bicyclic) bond motifs is 1. The summed E-state index contributed by atoms with van der Waals surface area (Å²) in [5.74, 6) is -0.175. The van der Waals surface area contributed by atoms with E-state index < -0.39 is 5.91 Å². The summed E-state index contributed by atoms with van der Waals surface area (Å²) in [6.07, 6.45) is 0. The number of rotatable bonds is 4. The molecule has 2 rings (SSSR count). The fraction of sp³-hybridized carbons (Fsp3) is 0.286. The number of thiocarbonyl (C=S) groups is 1. The number of carbonyl (C=O) groups is 1. The Hall–Kier alpha value is -2.12. The Kier molecular flexibility index (Phi) is 5.13. The molecule has 1 atom stereocenters. The number of hydrazine groups is 1. The molecule has 1 amide bonds. The average molecular weight is 307 g/mol. The van der Waals surface area contributed by atoms with Crippen LogP contribution < -0.4 is 16.2 Å². The highest BCUT2D eigenvalue weighted by Crippen LogP contribution is 2.18. The molecule has 0 aliphatic heterocycles. The molecule has 7 heteroatoms. The maximum absolute atomic E-state index is 12.0. The molecular weight excluding hydrogens is 290 g/mol. The second-order valence-corrected chi connectivity index (χ2v) is 4.97. The average Bonchev–Trinajstić information content (AvgIpc) is 2.89. The van der Waals surface area contributed by atoms with Gasteiger partial charge in [-0.2, -0.15) is 0 Å². The maximum atomic E-state index is 12.0. The Morgan fingerprint density at radius 1 is 1.38 bits per heavy atom. The molecule has 2 aromatic rings. The monoisotopic (exact) mass is 307 g/mol. The van der Waals surface area contributed by atoms with Gasteiger partial charge in [-0.25, -0.2) is 0 Å². The van der Waals surface area contributed by atoms with Crippen LogP contribution in [0.5, 0.6) is 0 Å². The van der Waals surface area contributed by atoms with Gasteiger partial charge in [0.25, 0.3) is 0 Å². The Balaban J connectivity index is 1.88. The number of benzene rings is 1. The van der Waals surface area contributed by atoms with Crippen LogP contribution in [0, 0.1) is 0 Å². The first kappa shape index (κ1) is 15.3. The highest BCUT2D eigenvalue weighted by molar-refractivity contribution is 7.80. The predicted molar refractivity (Wildman–Crippen MR) is 83.9 cm³/mol. The van der Waals surface area contributed by atoms with E-state index in [-0.39, 0.29) is 11.8 Å². The number of ether oxygens (including phenoxy) is 1. The minimum absolute atomic E-state index is 0.0399. The summed E-state index contributed by atoms with van der Waals surface area (Å²) < 4.78 is 10.4. The number of para-hydroxylation sites is 1. The van der Waals surface area contributed by atoms with Crippen LogP contribution in [0.15, 0.2) is 34.7 Å². The smallest absolute Gasteiger partial charge is 0.305 e. The second-order valence-electron chi connectivity index (χ2n) is 4.56. The number of hydrogen-bond donors (Lipinski definition) is 3. The lowest BCUT2D eigenvalue weighted by Crippen LogP contribution is -2.49. The Labute approximate surface area is 127 Å². The van der Waals surface area contributed by atoms with Gasteiger partial charge >= 0.3 is 5.91 Å². The van der Waals surface area contributed by atoms with Crippen molar-refractivity contribution in [1.29, 1.82) is 0 Å². The Bertz CT molecular complexity index is 608. The molecule has 0 unspecified atom stereocenters. The van der Waals surface area contributed by atoms with Crippen LogP contribution in [0.2, 0.25) is 0 Å². The van der Waals surface area contributed by atoms with Crippen LogP contribution >= 0.6 is 12.2 Å². The summed E-state index contributed by atoms with van der Waals surface area (Å²) in [6.45, 7) is 2.43. The van der Waals surface area contributed by atoms with Gasteiger partial charge in [-0.05, 0) is 31.3 Å². The third-order valence-electron chi connectivity index (χ3n) is 2.73. The molecule has 1 aromatic heterocycles. The highest BCUT2D eigenvalue weighted by Gasteiger charge is 2.12. The molecule has 0 aliphatic carbocycles. The summed E-state index contributed by atoms with van der Waals surface area (Å²) >= 11 is 5.05. The first-order valence-corrected chi connectivity index (χ1v) is 6.85. The topological polar surface area (TPSA) is 75.5 Å². The summed E-state index contributed by atoms with van der Waals surface area (Å²) in [6, 6.07) is 9.13. The van der Waals surface area contributed by atoms with E-state index in [9.17, 15) is 4.79 Å². The Morgan fingerprint density at radius 2 is 2.14 bits per heavy atom. The van der Waals surface area contributed by atoms with E-state index in [1.54, 1.807) is 19.2 Å². The molecule has 6 nitrogen and oxygen atoms in total. The zero-order valence-electron chi connectivity index (χ0n) is 11.8. The van der Waals surface area contributed by atoms with E-state index in [2.05, 4.69) is 16.2 Å². The van der Waals surface area contributed by atoms with Crippen molar-refractivity contribution in [3.63, 3.8) is 0 Å². The van der Waals surface area contributed by atoms with Gasteiger partial charge in [-0.1, -0.05) is 18.2 Å². The maximum Gasteiger partial charge on any atom is 0.305 e. The van der Waals surface area contributed by atoms with Gasteiger partial charge in [0.2, 0.25) is 0 Å². The van der Waals surface area contributed by atoms with Crippen molar-refractivity contribution in [2.75, 3.05) is 13.7 Å². The van der Waals surface area contributed by atoms with Crippen molar-refractivity contribution in [3.05, 3.63) is 36.1 Å². The summed E-state index contributed by atoms with van der Waals surface area (Å²) in [4.78, 5) is 12.0. The fourth-order valence-corrected chi connectivity index (χ4v) is 2.07. The summed E-state index contributed by atoms with van der Waals surface area (Å²) in [5, 5.41) is 4.15. The fourth-order valence-electron chi connectivity index (χ4n) is 1.82. The van der Waals surface area contributed by atoms with Crippen molar-refractivity contribution in [1.82, 2.24) is 16.2 Å². The van der Waals surface area contributed by atoms with Gasteiger partial charge in [0.1, 0.15) is 5.58 Å². The van der Waals surface area contributed by atoms with E-state index in [0.29, 0.717) is 17.3 Å². The molecule has 0 fully saturated rings. The van der Waals surface area contributed by atoms with Gasteiger partial charge in [-0.3, -0.25) is 15.6 Å². The van der Waals surface area contributed by atoms with E-state index in [1.807, 2.05) is 25.1 Å². The number of carbonyl (C=O) groups excluding carboxylic acids is 1. The molecule has 0 radical (unpaired) electrons. The van der Waals surface area contributed by atoms with Gasteiger partial charge < -0.3 is 14.5 Å². The van der Waals surface area contributed by atoms with Crippen molar-refractivity contribution >= 4 is 34.2 Å². The third kappa shape index (κ3) is 4.17.